The lowest BCUT2D eigenvalue weighted by molar-refractivity contribution is -0.384. The van der Waals surface area contributed by atoms with Crippen LogP contribution in [-0.4, -0.2) is 29.3 Å². The van der Waals surface area contributed by atoms with Gasteiger partial charge in [0, 0.05) is 17.7 Å². The van der Waals surface area contributed by atoms with Gasteiger partial charge in [0.05, 0.1) is 4.92 Å². The molecule has 0 unspecified atom stereocenters. The first-order valence-electron chi connectivity index (χ1n) is 6.51. The van der Waals surface area contributed by atoms with Crippen LogP contribution in [0.1, 0.15) is 20.0 Å². The Bertz CT molecular complexity index is 775. The first-order chi connectivity index (χ1) is 11.5. The van der Waals surface area contributed by atoms with Crippen molar-refractivity contribution < 1.29 is 24.0 Å². The first-order valence-corrected chi connectivity index (χ1v) is 7.39. The van der Waals surface area contributed by atoms with Crippen molar-refractivity contribution in [3.05, 3.63) is 62.3 Å². The summed E-state index contributed by atoms with van der Waals surface area (Å²) in [4.78, 5) is 45.2. The van der Waals surface area contributed by atoms with Crippen LogP contribution in [0.2, 0.25) is 0 Å². The minimum atomic E-state index is -0.751. The number of amides is 2. The zero-order valence-electron chi connectivity index (χ0n) is 12.1. The van der Waals surface area contributed by atoms with Crippen molar-refractivity contribution in [2.75, 3.05) is 6.61 Å². The second kappa shape index (κ2) is 7.83. The number of benzene rings is 1. The summed E-state index contributed by atoms with van der Waals surface area (Å²) in [5, 5.41) is 12.3. The summed E-state index contributed by atoms with van der Waals surface area (Å²) in [6, 6.07) is 8.22. The predicted octanol–water partition coefficient (Wildman–Crippen LogP) is 1.27. The summed E-state index contributed by atoms with van der Waals surface area (Å²) >= 11 is 1.17. The zero-order chi connectivity index (χ0) is 17.5. The number of hydrazine groups is 1. The number of nitro groups is 1. The van der Waals surface area contributed by atoms with E-state index in [1.807, 2.05) is 5.43 Å². The van der Waals surface area contributed by atoms with Gasteiger partial charge in [-0.15, -0.1) is 11.3 Å². The van der Waals surface area contributed by atoms with E-state index in [4.69, 9.17) is 4.74 Å². The maximum absolute atomic E-state index is 11.8. The van der Waals surface area contributed by atoms with Gasteiger partial charge in [0.15, 0.2) is 6.61 Å². The molecule has 0 spiro atoms. The highest BCUT2D eigenvalue weighted by Crippen LogP contribution is 2.12. The van der Waals surface area contributed by atoms with Crippen LogP contribution in [0.25, 0.3) is 0 Å². The van der Waals surface area contributed by atoms with Crippen LogP contribution in [0.5, 0.6) is 0 Å². The molecule has 2 rings (SSSR count). The van der Waals surface area contributed by atoms with Crippen molar-refractivity contribution >= 4 is 34.8 Å². The minimum Gasteiger partial charge on any atom is -0.451 e. The van der Waals surface area contributed by atoms with Crippen LogP contribution in [0.3, 0.4) is 0 Å². The number of nitrogens with zero attached hydrogens (tertiary/aromatic N) is 1. The topological polar surface area (TPSA) is 128 Å². The summed E-state index contributed by atoms with van der Waals surface area (Å²) in [5.74, 6) is -2.14. The maximum Gasteiger partial charge on any atom is 0.348 e. The Hall–Kier alpha value is -3.27. The van der Waals surface area contributed by atoms with E-state index in [2.05, 4.69) is 5.43 Å². The summed E-state index contributed by atoms with van der Waals surface area (Å²) < 4.78 is 4.76. The highest BCUT2D eigenvalue weighted by atomic mass is 32.1. The minimum absolute atomic E-state index is 0.0000744. The van der Waals surface area contributed by atoms with Gasteiger partial charge in [0.2, 0.25) is 0 Å². The molecule has 1 aromatic heterocycles. The van der Waals surface area contributed by atoms with Crippen LogP contribution in [-0.2, 0) is 9.53 Å². The highest BCUT2D eigenvalue weighted by molar-refractivity contribution is 7.11. The van der Waals surface area contributed by atoms with Crippen molar-refractivity contribution in [2.45, 2.75) is 0 Å². The van der Waals surface area contributed by atoms with Crippen LogP contribution in [0.15, 0.2) is 41.8 Å². The molecule has 0 fully saturated rings. The molecule has 0 saturated carbocycles. The first kappa shape index (κ1) is 17.1. The molecule has 1 aromatic carbocycles. The lowest BCUT2D eigenvalue weighted by atomic mass is 10.2. The number of hydrogen-bond acceptors (Lipinski definition) is 7. The van der Waals surface area contributed by atoms with Crippen molar-refractivity contribution in [3.8, 4) is 0 Å². The molecule has 0 radical (unpaired) electrons. The van der Waals surface area contributed by atoms with Crippen molar-refractivity contribution in [1.29, 1.82) is 0 Å². The number of non-ortho nitro benzene ring substituents is 1. The SMILES string of the molecule is O=C(COC(=O)c1cccs1)NNC(=O)c1cccc([N+](=O)[O-])c1. The highest BCUT2D eigenvalue weighted by Gasteiger charge is 2.14. The average molecular weight is 349 g/mol. The third kappa shape index (κ3) is 4.61. The summed E-state index contributed by atoms with van der Waals surface area (Å²) in [6.45, 7) is -0.577. The molecule has 9 nitrogen and oxygen atoms in total. The molecule has 1 heterocycles. The van der Waals surface area contributed by atoms with E-state index < -0.39 is 29.3 Å². The van der Waals surface area contributed by atoms with Gasteiger partial charge in [-0.1, -0.05) is 12.1 Å². The second-order valence-electron chi connectivity index (χ2n) is 4.36. The fraction of sp³-hybridized carbons (Fsp3) is 0.0714. The summed E-state index contributed by atoms with van der Waals surface area (Å²) in [6.07, 6.45) is 0. The number of rotatable bonds is 5. The second-order valence-corrected chi connectivity index (χ2v) is 5.31. The molecule has 124 valence electrons. The predicted molar refractivity (Wildman–Crippen MR) is 83.3 cm³/mol. The number of carbonyl (C=O) groups excluding carboxylic acids is 3. The lowest BCUT2D eigenvalue weighted by Crippen LogP contribution is -2.43. The molecular formula is C14H11N3O6S. The van der Waals surface area contributed by atoms with Gasteiger partial charge in [-0.2, -0.15) is 0 Å². The molecule has 0 bridgehead atoms. The molecule has 0 aliphatic carbocycles. The maximum atomic E-state index is 11.8. The van der Waals surface area contributed by atoms with Gasteiger partial charge in [0.1, 0.15) is 4.88 Å². The Labute approximate surface area is 139 Å². The van der Waals surface area contributed by atoms with Gasteiger partial charge in [0.25, 0.3) is 17.5 Å². The van der Waals surface area contributed by atoms with Crippen LogP contribution >= 0.6 is 11.3 Å². The van der Waals surface area contributed by atoms with Gasteiger partial charge >= 0.3 is 5.97 Å². The van der Waals surface area contributed by atoms with Crippen LogP contribution in [0.4, 0.5) is 5.69 Å². The standard InChI is InChI=1S/C14H11N3O6S/c18-12(8-23-14(20)11-5-2-6-24-11)15-16-13(19)9-3-1-4-10(7-9)17(21)22/h1-7H,8H2,(H,15,18)(H,16,19). The number of ether oxygens (including phenoxy) is 1. The Balaban J connectivity index is 1.81. The number of carbonyl (C=O) groups is 3. The van der Waals surface area contributed by atoms with Gasteiger partial charge in [-0.25, -0.2) is 4.79 Å². The quantitative estimate of drug-likeness (QED) is 0.475. The third-order valence-electron chi connectivity index (χ3n) is 2.69. The third-order valence-corrected chi connectivity index (χ3v) is 3.54. The van der Waals surface area contributed by atoms with Gasteiger partial charge < -0.3 is 4.74 Å². The molecule has 0 atom stereocenters. The fourth-order valence-corrected chi connectivity index (χ4v) is 2.21. The molecular weight excluding hydrogens is 338 g/mol. The van der Waals surface area contributed by atoms with E-state index in [9.17, 15) is 24.5 Å². The largest absolute Gasteiger partial charge is 0.451 e. The monoisotopic (exact) mass is 349 g/mol. The van der Waals surface area contributed by atoms with E-state index >= 15 is 0 Å². The molecule has 2 amide bonds. The molecule has 0 aliphatic rings. The molecule has 2 N–H and O–H groups in total. The smallest absolute Gasteiger partial charge is 0.348 e. The van der Waals surface area contributed by atoms with Crippen molar-refractivity contribution in [2.24, 2.45) is 0 Å². The Kier molecular flexibility index (Phi) is 5.58. The van der Waals surface area contributed by atoms with E-state index in [1.54, 1.807) is 17.5 Å². The van der Waals surface area contributed by atoms with Crippen LogP contribution in [0, 0.1) is 10.1 Å². The number of thiophene rings is 1. The molecule has 24 heavy (non-hydrogen) atoms. The van der Waals surface area contributed by atoms with E-state index in [-0.39, 0.29) is 11.3 Å². The van der Waals surface area contributed by atoms with Gasteiger partial charge in [-0.3, -0.25) is 30.6 Å². The molecule has 0 aliphatic heterocycles. The molecule has 2 aromatic rings. The summed E-state index contributed by atoms with van der Waals surface area (Å²) in [7, 11) is 0. The fourth-order valence-electron chi connectivity index (χ4n) is 1.59. The summed E-state index contributed by atoms with van der Waals surface area (Å²) in [5.41, 5.74) is 3.87. The average Bonchev–Trinajstić information content (AvgIpc) is 3.12. The molecule has 0 saturated heterocycles. The van der Waals surface area contributed by atoms with Gasteiger partial charge in [-0.05, 0) is 17.5 Å². The van der Waals surface area contributed by atoms with E-state index in [1.165, 1.54) is 29.5 Å². The Morgan fingerprint density at radius 2 is 1.96 bits per heavy atom. The zero-order valence-corrected chi connectivity index (χ0v) is 12.9. The normalized spacial score (nSPS) is 9.83. The van der Waals surface area contributed by atoms with E-state index in [0.717, 1.165) is 6.07 Å². The number of esters is 1. The number of nitrogens with one attached hydrogen (secondary N) is 2. The van der Waals surface area contributed by atoms with E-state index in [0.29, 0.717) is 4.88 Å². The molecule has 10 heteroatoms. The van der Waals surface area contributed by atoms with Crippen molar-refractivity contribution in [3.63, 3.8) is 0 Å². The Morgan fingerprint density at radius 3 is 2.62 bits per heavy atom. The van der Waals surface area contributed by atoms with Crippen LogP contribution < -0.4 is 10.9 Å². The number of hydrogen-bond donors (Lipinski definition) is 2. The lowest BCUT2D eigenvalue weighted by Gasteiger charge is -2.07. The van der Waals surface area contributed by atoms with Crippen molar-refractivity contribution in [1.82, 2.24) is 10.9 Å². The number of nitro benzene ring substituents is 1. The Morgan fingerprint density at radius 1 is 1.17 bits per heavy atom.